The van der Waals surface area contributed by atoms with Crippen LogP contribution in [-0.4, -0.2) is 46.0 Å². The molecule has 1 heterocycles. The van der Waals surface area contributed by atoms with Crippen molar-refractivity contribution < 1.29 is 31.1 Å². The van der Waals surface area contributed by atoms with Gasteiger partial charge in [0.15, 0.2) is 15.0 Å². The number of ether oxygens (including phenoxy) is 1. The molecule has 28 heavy (non-hydrogen) atoms. The minimum absolute atomic E-state index is 0.0957. The van der Waals surface area contributed by atoms with Gasteiger partial charge in [0.25, 0.3) is 0 Å². The zero-order valence-corrected chi connectivity index (χ0v) is 16.8. The third kappa shape index (κ3) is 5.42. The van der Waals surface area contributed by atoms with Crippen LogP contribution in [0, 0.1) is 6.92 Å². The predicted octanol–water partition coefficient (Wildman–Crippen LogP) is 3.31. The van der Waals surface area contributed by atoms with Crippen LogP contribution in [0.5, 0.6) is 0 Å². The Morgan fingerprint density at radius 2 is 2.00 bits per heavy atom. The van der Waals surface area contributed by atoms with Gasteiger partial charge in [0.05, 0.1) is 27.6 Å². The Balaban J connectivity index is 2.40. The lowest BCUT2D eigenvalue weighted by atomic mass is 10.1. The molecule has 2 N–H and O–H groups in total. The summed E-state index contributed by atoms with van der Waals surface area (Å²) in [5.74, 6) is 0. The Morgan fingerprint density at radius 3 is 2.57 bits per heavy atom. The van der Waals surface area contributed by atoms with Crippen LogP contribution >= 0.6 is 11.3 Å². The molecular weight excluding hydrogens is 419 g/mol. The lowest BCUT2D eigenvalue weighted by Gasteiger charge is -2.12. The fourth-order valence-electron chi connectivity index (χ4n) is 2.30. The second-order valence-corrected chi connectivity index (χ2v) is 8.77. The maximum atomic E-state index is 13.0. The second kappa shape index (κ2) is 8.45. The number of aromatic nitrogens is 1. The molecule has 154 valence electrons. The third-order valence-electron chi connectivity index (χ3n) is 3.56. The number of thiazole rings is 1. The molecule has 2 amide bonds. The molecule has 0 bridgehead atoms. The van der Waals surface area contributed by atoms with Crippen molar-refractivity contribution in [2.45, 2.75) is 18.0 Å². The lowest BCUT2D eigenvalue weighted by molar-refractivity contribution is -0.137. The van der Waals surface area contributed by atoms with E-state index in [0.717, 1.165) is 29.7 Å². The molecule has 0 aliphatic carbocycles. The minimum atomic E-state index is -4.67. The topological polar surface area (TPSA) is 97.4 Å². The van der Waals surface area contributed by atoms with Gasteiger partial charge in [-0.2, -0.15) is 13.2 Å². The summed E-state index contributed by atoms with van der Waals surface area (Å²) in [6, 6.07) is 1.98. The summed E-state index contributed by atoms with van der Waals surface area (Å²) in [6.45, 7) is 2.17. The molecule has 2 rings (SSSR count). The van der Waals surface area contributed by atoms with Crippen molar-refractivity contribution in [3.63, 3.8) is 0 Å². The zero-order chi connectivity index (χ0) is 21.1. The highest BCUT2D eigenvalue weighted by atomic mass is 32.2. The molecule has 0 aliphatic heterocycles. The van der Waals surface area contributed by atoms with Crippen LogP contribution in [0.2, 0.25) is 0 Å². The number of carbonyl (C=O) groups is 1. The number of urea groups is 1. The summed E-state index contributed by atoms with van der Waals surface area (Å²) in [6.07, 6.45) is -3.83. The van der Waals surface area contributed by atoms with Crippen LogP contribution in [-0.2, 0) is 20.8 Å². The van der Waals surface area contributed by atoms with Crippen molar-refractivity contribution in [3.05, 3.63) is 29.5 Å². The molecule has 0 aliphatic rings. The molecule has 2 aromatic rings. The van der Waals surface area contributed by atoms with Gasteiger partial charge in [-0.25, -0.2) is 18.2 Å². The maximum absolute atomic E-state index is 13.0. The average molecular weight is 437 g/mol. The van der Waals surface area contributed by atoms with E-state index in [1.165, 1.54) is 7.11 Å². The number of halogens is 3. The third-order valence-corrected chi connectivity index (χ3v) is 5.80. The molecule has 0 saturated heterocycles. The molecule has 0 radical (unpaired) electrons. The number of nitrogens with zero attached hydrogens (tertiary/aromatic N) is 1. The summed E-state index contributed by atoms with van der Waals surface area (Å²) < 4.78 is 67.9. The van der Waals surface area contributed by atoms with E-state index in [0.29, 0.717) is 23.2 Å². The Morgan fingerprint density at radius 1 is 1.32 bits per heavy atom. The number of nitrogens with one attached hydrogen (secondary N) is 2. The first-order valence-electron chi connectivity index (χ1n) is 7.86. The molecule has 1 aromatic carbocycles. The highest BCUT2D eigenvalue weighted by Crippen LogP contribution is 2.39. The first-order valence-corrected chi connectivity index (χ1v) is 10.6. The quantitative estimate of drug-likeness (QED) is 0.676. The van der Waals surface area contributed by atoms with E-state index in [9.17, 15) is 26.4 Å². The summed E-state index contributed by atoms with van der Waals surface area (Å²) >= 11 is 0.964. The number of benzene rings is 1. The van der Waals surface area contributed by atoms with Gasteiger partial charge in [0.1, 0.15) is 0 Å². The number of anilines is 1. The molecule has 1 aromatic heterocycles. The number of hydrogen-bond acceptors (Lipinski definition) is 6. The van der Waals surface area contributed by atoms with Gasteiger partial charge >= 0.3 is 12.2 Å². The summed E-state index contributed by atoms with van der Waals surface area (Å²) in [7, 11) is -2.46. The monoisotopic (exact) mass is 437 g/mol. The van der Waals surface area contributed by atoms with Gasteiger partial charge in [0.2, 0.25) is 0 Å². The number of methoxy groups -OCH3 is 1. The number of hydrogen-bond donors (Lipinski definition) is 2. The number of amides is 2. The van der Waals surface area contributed by atoms with Crippen LogP contribution in [0.15, 0.2) is 23.1 Å². The largest absolute Gasteiger partial charge is 0.416 e. The molecular formula is C16H18F3N3O4S2. The van der Waals surface area contributed by atoms with Crippen LogP contribution < -0.4 is 10.6 Å². The normalized spacial score (nSPS) is 12.1. The zero-order valence-electron chi connectivity index (χ0n) is 15.2. The molecule has 0 atom stereocenters. The number of carbonyl (C=O) groups excluding carboxylic acids is 1. The highest BCUT2D eigenvalue weighted by Gasteiger charge is 2.32. The van der Waals surface area contributed by atoms with E-state index in [1.54, 1.807) is 6.92 Å². The van der Waals surface area contributed by atoms with Gasteiger partial charge in [-0.15, -0.1) is 0 Å². The Hall–Kier alpha value is -2.18. The summed E-state index contributed by atoms with van der Waals surface area (Å²) in [5, 5.41) is 5.21. The van der Waals surface area contributed by atoms with E-state index < -0.39 is 32.5 Å². The molecule has 0 saturated carbocycles. The van der Waals surface area contributed by atoms with Crippen LogP contribution in [0.4, 0.5) is 23.1 Å². The van der Waals surface area contributed by atoms with Gasteiger partial charge in [0, 0.05) is 25.5 Å². The lowest BCUT2D eigenvalue weighted by Crippen LogP contribution is -2.31. The molecule has 0 fully saturated rings. The van der Waals surface area contributed by atoms with Crippen LogP contribution in [0.1, 0.15) is 11.3 Å². The number of alkyl halides is 3. The molecule has 0 spiro atoms. The van der Waals surface area contributed by atoms with E-state index in [2.05, 4.69) is 15.6 Å². The van der Waals surface area contributed by atoms with E-state index in [1.807, 2.05) is 0 Å². The predicted molar refractivity (Wildman–Crippen MR) is 99.3 cm³/mol. The summed E-state index contributed by atoms with van der Waals surface area (Å²) in [4.78, 5) is 15.8. The molecule has 0 unspecified atom stereocenters. The highest BCUT2D eigenvalue weighted by molar-refractivity contribution is 7.90. The van der Waals surface area contributed by atoms with E-state index >= 15 is 0 Å². The van der Waals surface area contributed by atoms with Crippen LogP contribution in [0.25, 0.3) is 10.4 Å². The van der Waals surface area contributed by atoms with Gasteiger partial charge in [-0.05, 0) is 19.1 Å². The first-order chi connectivity index (χ1) is 12.9. The first kappa shape index (κ1) is 22.1. The van der Waals surface area contributed by atoms with Gasteiger partial charge in [-0.3, -0.25) is 5.32 Å². The fourth-order valence-corrected chi connectivity index (χ4v) is 4.28. The number of aryl methyl sites for hydroxylation is 1. The van der Waals surface area contributed by atoms with Crippen molar-refractivity contribution in [3.8, 4) is 10.4 Å². The van der Waals surface area contributed by atoms with E-state index in [4.69, 9.17) is 4.74 Å². The van der Waals surface area contributed by atoms with Crippen molar-refractivity contribution >= 4 is 32.3 Å². The van der Waals surface area contributed by atoms with E-state index in [-0.39, 0.29) is 17.2 Å². The Labute approximate surface area is 163 Å². The smallest absolute Gasteiger partial charge is 0.383 e. The fraction of sp³-hybridized carbons (Fsp3) is 0.375. The summed E-state index contributed by atoms with van der Waals surface area (Å²) in [5.41, 5.74) is -0.588. The van der Waals surface area contributed by atoms with Gasteiger partial charge < -0.3 is 10.1 Å². The minimum Gasteiger partial charge on any atom is -0.383 e. The second-order valence-electron chi connectivity index (χ2n) is 5.79. The standard InChI is InChI=1S/C16H18F3N3O4S2/c1-9-13(27-15(21-9)22-14(23)20-6-7-26-2)11-5-4-10(16(17,18)19)8-12(11)28(3,24)25/h4-5,8H,6-7H2,1-3H3,(H2,20,21,22,23). The van der Waals surface area contributed by atoms with Gasteiger partial charge in [-0.1, -0.05) is 17.4 Å². The Kier molecular flexibility index (Phi) is 6.67. The molecule has 12 heteroatoms. The Bertz CT molecular complexity index is 972. The van der Waals surface area contributed by atoms with Crippen molar-refractivity contribution in [1.82, 2.24) is 10.3 Å². The van der Waals surface area contributed by atoms with Crippen molar-refractivity contribution in [2.75, 3.05) is 31.8 Å². The molecule has 7 nitrogen and oxygen atoms in total. The SMILES string of the molecule is COCCNC(=O)Nc1nc(C)c(-c2ccc(C(F)(F)F)cc2S(C)(=O)=O)s1. The van der Waals surface area contributed by atoms with Crippen molar-refractivity contribution in [2.24, 2.45) is 0 Å². The van der Waals surface area contributed by atoms with Crippen LogP contribution in [0.3, 0.4) is 0 Å². The number of rotatable bonds is 6. The van der Waals surface area contributed by atoms with Crippen molar-refractivity contribution in [1.29, 1.82) is 0 Å². The average Bonchev–Trinajstić information content (AvgIpc) is 2.93. The maximum Gasteiger partial charge on any atom is 0.416 e. The number of sulfone groups is 1.